The summed E-state index contributed by atoms with van der Waals surface area (Å²) in [6, 6.07) is 16.6. The van der Waals surface area contributed by atoms with Crippen LogP contribution >= 0.6 is 0 Å². The molecule has 0 atom stereocenters. The van der Waals surface area contributed by atoms with E-state index in [-0.39, 0.29) is 28.4 Å². The Morgan fingerprint density at radius 1 is 0.591 bits per heavy atom. The molecule has 0 unspecified atom stereocenters. The van der Waals surface area contributed by atoms with E-state index in [4.69, 9.17) is 23.7 Å². The van der Waals surface area contributed by atoms with Gasteiger partial charge in [-0.15, -0.1) is 0 Å². The molecule has 9 heteroatoms. The lowest BCUT2D eigenvalue weighted by Gasteiger charge is -2.13. The van der Waals surface area contributed by atoms with Gasteiger partial charge in [0.15, 0.2) is 11.5 Å². The number of unbranched alkanes of at least 4 members (excludes halogenated alkanes) is 6. The molecule has 0 heterocycles. The normalized spacial score (nSPS) is 10.5. The SMILES string of the molecule is C=C(F)C(=O)Oc1cc(OC(=O)c2ccc(OCCCCCC)cc2)ccc1OC(=O)c1ccc(OCCCCCC)cc1. The predicted octanol–water partition coefficient (Wildman–Crippen LogP) is 8.43. The molecular formula is C35H39FO8. The van der Waals surface area contributed by atoms with E-state index in [1.54, 1.807) is 36.4 Å². The van der Waals surface area contributed by atoms with E-state index in [9.17, 15) is 18.8 Å². The average molecular weight is 607 g/mol. The van der Waals surface area contributed by atoms with Gasteiger partial charge in [-0.2, -0.15) is 4.39 Å². The standard InChI is InChI=1S/C35H39FO8/c1-4-6-8-10-22-40-28-16-12-26(13-17-28)34(38)42-30-20-21-31(32(24-30)44-33(37)25(3)36)43-35(39)27-14-18-29(19-15-27)41-23-11-9-7-5-2/h12-21,24H,3-11,22-23H2,1-2H3. The summed E-state index contributed by atoms with van der Waals surface area (Å²) in [7, 11) is 0. The van der Waals surface area contributed by atoms with Crippen molar-refractivity contribution in [2.45, 2.75) is 65.2 Å². The largest absolute Gasteiger partial charge is 0.494 e. The molecule has 0 aliphatic heterocycles. The lowest BCUT2D eigenvalue weighted by atomic mass is 10.2. The Bertz CT molecular complexity index is 1380. The highest BCUT2D eigenvalue weighted by Crippen LogP contribution is 2.33. The molecule has 44 heavy (non-hydrogen) atoms. The van der Waals surface area contributed by atoms with Crippen LogP contribution < -0.4 is 23.7 Å². The molecule has 0 radical (unpaired) electrons. The highest BCUT2D eigenvalue weighted by atomic mass is 19.1. The van der Waals surface area contributed by atoms with E-state index >= 15 is 0 Å². The number of rotatable bonds is 18. The number of esters is 3. The van der Waals surface area contributed by atoms with Crippen LogP contribution in [0.15, 0.2) is 79.1 Å². The molecule has 3 aromatic rings. The summed E-state index contributed by atoms with van der Waals surface area (Å²) in [5, 5.41) is 0. The highest BCUT2D eigenvalue weighted by molar-refractivity contribution is 5.93. The smallest absolute Gasteiger partial charge is 0.372 e. The summed E-state index contributed by atoms with van der Waals surface area (Å²) in [5.74, 6) is -3.51. The third kappa shape index (κ3) is 11.2. The number of carbonyl (C=O) groups is 3. The second-order valence-corrected chi connectivity index (χ2v) is 10.0. The van der Waals surface area contributed by atoms with Gasteiger partial charge in [-0.25, -0.2) is 14.4 Å². The summed E-state index contributed by atoms with van der Waals surface area (Å²) in [6.45, 7) is 8.37. The lowest BCUT2D eigenvalue weighted by Crippen LogP contribution is -2.13. The van der Waals surface area contributed by atoms with E-state index in [1.165, 1.54) is 24.3 Å². The van der Waals surface area contributed by atoms with E-state index in [2.05, 4.69) is 20.4 Å². The number of halogens is 1. The van der Waals surface area contributed by atoms with Gasteiger partial charge in [0, 0.05) is 6.07 Å². The Labute approximate surface area is 257 Å². The molecule has 0 spiro atoms. The molecule has 0 aliphatic carbocycles. The van der Waals surface area contributed by atoms with Gasteiger partial charge < -0.3 is 23.7 Å². The minimum absolute atomic E-state index is 0.0289. The second kappa shape index (κ2) is 18.1. The summed E-state index contributed by atoms with van der Waals surface area (Å²) < 4.78 is 40.7. The summed E-state index contributed by atoms with van der Waals surface area (Å²) in [5.41, 5.74) is 0.460. The minimum Gasteiger partial charge on any atom is -0.494 e. The Morgan fingerprint density at radius 2 is 1.07 bits per heavy atom. The summed E-state index contributed by atoms with van der Waals surface area (Å²) >= 11 is 0. The summed E-state index contributed by atoms with van der Waals surface area (Å²) in [4.78, 5) is 37.5. The van der Waals surface area contributed by atoms with Crippen LogP contribution in [0.25, 0.3) is 0 Å². The molecular weight excluding hydrogens is 567 g/mol. The molecule has 3 rings (SSSR count). The molecule has 0 N–H and O–H groups in total. The molecule has 0 aromatic heterocycles. The zero-order chi connectivity index (χ0) is 31.7. The van der Waals surface area contributed by atoms with Gasteiger partial charge in [-0.1, -0.05) is 59.0 Å². The van der Waals surface area contributed by atoms with Crippen molar-refractivity contribution in [2.24, 2.45) is 0 Å². The minimum atomic E-state index is -1.39. The molecule has 0 fully saturated rings. The Hall–Kier alpha value is -4.66. The van der Waals surface area contributed by atoms with Gasteiger partial charge in [0.25, 0.3) is 0 Å². The van der Waals surface area contributed by atoms with Gasteiger partial charge in [-0.05, 0) is 73.5 Å². The third-order valence-corrected chi connectivity index (χ3v) is 6.47. The van der Waals surface area contributed by atoms with Crippen LogP contribution in [0.1, 0.15) is 85.9 Å². The quantitative estimate of drug-likeness (QED) is 0.0616. The van der Waals surface area contributed by atoms with Gasteiger partial charge in [0.1, 0.15) is 17.2 Å². The maximum atomic E-state index is 13.4. The Balaban J connectivity index is 1.65. The fourth-order valence-corrected chi connectivity index (χ4v) is 4.01. The fourth-order valence-electron chi connectivity index (χ4n) is 4.01. The zero-order valence-corrected chi connectivity index (χ0v) is 25.3. The number of carbonyl (C=O) groups excluding carboxylic acids is 3. The van der Waals surface area contributed by atoms with Crippen molar-refractivity contribution in [2.75, 3.05) is 13.2 Å². The molecule has 0 bridgehead atoms. The van der Waals surface area contributed by atoms with Crippen molar-refractivity contribution in [1.82, 2.24) is 0 Å². The number of hydrogen-bond donors (Lipinski definition) is 0. The van der Waals surface area contributed by atoms with Crippen LogP contribution in [0.5, 0.6) is 28.7 Å². The van der Waals surface area contributed by atoms with Crippen LogP contribution in [0.3, 0.4) is 0 Å². The Morgan fingerprint density at radius 3 is 1.55 bits per heavy atom. The lowest BCUT2D eigenvalue weighted by molar-refractivity contribution is -0.131. The summed E-state index contributed by atoms with van der Waals surface area (Å²) in [6.07, 6.45) is 8.66. The van der Waals surface area contributed by atoms with E-state index < -0.39 is 23.7 Å². The van der Waals surface area contributed by atoms with Gasteiger partial charge in [0.2, 0.25) is 5.83 Å². The van der Waals surface area contributed by atoms with Crippen LogP contribution in [0.2, 0.25) is 0 Å². The number of ether oxygens (including phenoxy) is 5. The monoisotopic (exact) mass is 606 g/mol. The van der Waals surface area contributed by atoms with Crippen molar-refractivity contribution in [3.05, 3.63) is 90.3 Å². The van der Waals surface area contributed by atoms with Crippen molar-refractivity contribution in [1.29, 1.82) is 0 Å². The molecule has 0 amide bonds. The predicted molar refractivity (Wildman–Crippen MR) is 164 cm³/mol. The highest BCUT2D eigenvalue weighted by Gasteiger charge is 2.19. The second-order valence-electron chi connectivity index (χ2n) is 10.0. The zero-order valence-electron chi connectivity index (χ0n) is 25.3. The van der Waals surface area contributed by atoms with Crippen molar-refractivity contribution < 1.29 is 42.5 Å². The van der Waals surface area contributed by atoms with E-state index in [0.717, 1.165) is 57.4 Å². The van der Waals surface area contributed by atoms with E-state index in [1.807, 2.05) is 0 Å². The molecule has 234 valence electrons. The first-order chi connectivity index (χ1) is 21.3. The van der Waals surface area contributed by atoms with Crippen LogP contribution in [-0.4, -0.2) is 31.1 Å². The first kappa shape index (κ1) is 33.8. The molecule has 0 saturated heterocycles. The van der Waals surface area contributed by atoms with Crippen molar-refractivity contribution >= 4 is 17.9 Å². The van der Waals surface area contributed by atoms with E-state index in [0.29, 0.717) is 24.7 Å². The van der Waals surface area contributed by atoms with Crippen LogP contribution in [-0.2, 0) is 4.79 Å². The van der Waals surface area contributed by atoms with Gasteiger partial charge >= 0.3 is 17.9 Å². The van der Waals surface area contributed by atoms with Crippen LogP contribution in [0.4, 0.5) is 4.39 Å². The Kier molecular flexibility index (Phi) is 13.9. The molecule has 0 aliphatic rings. The number of benzene rings is 3. The maximum Gasteiger partial charge on any atom is 0.372 e. The topological polar surface area (TPSA) is 97.4 Å². The molecule has 8 nitrogen and oxygen atoms in total. The fraction of sp³-hybridized carbons (Fsp3) is 0.343. The van der Waals surface area contributed by atoms with Gasteiger partial charge in [-0.3, -0.25) is 0 Å². The third-order valence-electron chi connectivity index (χ3n) is 6.47. The van der Waals surface area contributed by atoms with Gasteiger partial charge in [0.05, 0.1) is 24.3 Å². The van der Waals surface area contributed by atoms with Crippen LogP contribution in [0, 0.1) is 0 Å². The molecule has 0 saturated carbocycles. The first-order valence-corrected chi connectivity index (χ1v) is 14.9. The first-order valence-electron chi connectivity index (χ1n) is 14.9. The van der Waals surface area contributed by atoms with Crippen molar-refractivity contribution in [3.63, 3.8) is 0 Å². The number of hydrogen-bond acceptors (Lipinski definition) is 8. The average Bonchev–Trinajstić information content (AvgIpc) is 3.02. The maximum absolute atomic E-state index is 13.4. The van der Waals surface area contributed by atoms with Crippen molar-refractivity contribution in [3.8, 4) is 28.7 Å². The molecule has 3 aromatic carbocycles.